The number of H-pyrrole nitrogens is 1. The molecule has 1 radical (unpaired) electrons. The minimum Gasteiger partial charge on any atom is -0.361 e. The Balaban J connectivity index is 2.38. The fourth-order valence-electron chi connectivity index (χ4n) is 2.42. The zero-order valence-corrected chi connectivity index (χ0v) is 9.07. The van der Waals surface area contributed by atoms with Gasteiger partial charge in [0.2, 0.25) is 0 Å². The van der Waals surface area contributed by atoms with Crippen LogP contribution in [0.1, 0.15) is 0 Å². The molecule has 0 bridgehead atoms. The normalized spacial score (nSPS) is 11.5. The van der Waals surface area contributed by atoms with Crippen molar-refractivity contribution < 1.29 is 0 Å². The van der Waals surface area contributed by atoms with E-state index in [-0.39, 0.29) is 0 Å². The van der Waals surface area contributed by atoms with E-state index >= 15 is 0 Å². The fraction of sp³-hybridized carbons (Fsp3) is 0. The maximum absolute atomic E-state index is 4.63. The van der Waals surface area contributed by atoms with Crippen LogP contribution in [0.2, 0.25) is 0 Å². The maximum Gasteiger partial charge on any atom is 0.0723 e. The molecule has 0 spiro atoms. The molecule has 17 heavy (non-hydrogen) atoms. The first-order valence-electron chi connectivity index (χ1n) is 5.59. The number of aromatic amines is 1. The molecule has 2 aromatic heterocycles. The van der Waals surface area contributed by atoms with Crippen molar-refractivity contribution in [1.82, 2.24) is 9.97 Å². The Morgan fingerprint density at radius 3 is 3.00 bits per heavy atom. The molecule has 2 heteroatoms. The molecule has 0 saturated carbocycles. The summed E-state index contributed by atoms with van der Waals surface area (Å²) in [5.74, 6) is 0. The molecule has 0 amide bonds. The number of rotatable bonds is 0. The van der Waals surface area contributed by atoms with Gasteiger partial charge in [-0.1, -0.05) is 12.1 Å². The summed E-state index contributed by atoms with van der Waals surface area (Å²) in [4.78, 5) is 7.89. The highest BCUT2D eigenvalue weighted by Crippen LogP contribution is 2.30. The van der Waals surface area contributed by atoms with Gasteiger partial charge in [0.15, 0.2) is 0 Å². The molecule has 0 aliphatic rings. The van der Waals surface area contributed by atoms with E-state index in [1.165, 1.54) is 16.2 Å². The van der Waals surface area contributed by atoms with Gasteiger partial charge in [0.25, 0.3) is 0 Å². The zero-order chi connectivity index (χ0) is 11.2. The summed E-state index contributed by atoms with van der Waals surface area (Å²) >= 11 is 0. The van der Waals surface area contributed by atoms with Crippen LogP contribution in [-0.4, -0.2) is 9.97 Å². The summed E-state index contributed by atoms with van der Waals surface area (Å²) in [7, 11) is 0. The molecular formula is C15H9N2. The van der Waals surface area contributed by atoms with Crippen LogP contribution >= 0.6 is 0 Å². The van der Waals surface area contributed by atoms with Crippen LogP contribution in [0.4, 0.5) is 0 Å². The number of nitrogens with one attached hydrogen (secondary N) is 1. The van der Waals surface area contributed by atoms with Crippen LogP contribution in [0.5, 0.6) is 0 Å². The lowest BCUT2D eigenvalue weighted by Gasteiger charge is -1.99. The number of benzene rings is 2. The molecule has 0 aliphatic heterocycles. The van der Waals surface area contributed by atoms with E-state index in [9.17, 15) is 0 Å². The number of nitrogens with zero attached hydrogens (tertiary/aromatic N) is 1. The van der Waals surface area contributed by atoms with Gasteiger partial charge in [0.05, 0.1) is 11.0 Å². The SMILES string of the molecule is [c]1ccc2nc3ccc4[nH]cccc4c3c2c1. The molecule has 79 valence electrons. The Morgan fingerprint density at radius 2 is 2.00 bits per heavy atom. The molecule has 4 rings (SSSR count). The van der Waals surface area contributed by atoms with Crippen molar-refractivity contribution in [2.75, 3.05) is 0 Å². The number of pyridine rings is 1. The van der Waals surface area contributed by atoms with Gasteiger partial charge in [-0.25, -0.2) is 4.98 Å². The number of hydrogen-bond acceptors (Lipinski definition) is 1. The first-order valence-corrected chi connectivity index (χ1v) is 5.59. The summed E-state index contributed by atoms with van der Waals surface area (Å²) in [5.41, 5.74) is 3.22. The van der Waals surface area contributed by atoms with Crippen molar-refractivity contribution >= 4 is 32.7 Å². The van der Waals surface area contributed by atoms with Crippen LogP contribution in [0.3, 0.4) is 0 Å². The predicted molar refractivity (Wildman–Crippen MR) is 69.9 cm³/mol. The lowest BCUT2D eigenvalue weighted by Crippen LogP contribution is -1.77. The van der Waals surface area contributed by atoms with E-state index in [0.29, 0.717) is 0 Å². The van der Waals surface area contributed by atoms with Gasteiger partial charge >= 0.3 is 0 Å². The predicted octanol–water partition coefficient (Wildman–Crippen LogP) is 3.67. The van der Waals surface area contributed by atoms with E-state index in [0.717, 1.165) is 16.6 Å². The Morgan fingerprint density at radius 1 is 1.00 bits per heavy atom. The number of hydrogen-bond donors (Lipinski definition) is 1. The van der Waals surface area contributed by atoms with Crippen molar-refractivity contribution in [2.24, 2.45) is 0 Å². The molecule has 0 saturated heterocycles. The second kappa shape index (κ2) is 3.08. The molecule has 0 aliphatic carbocycles. The fourth-order valence-corrected chi connectivity index (χ4v) is 2.42. The minimum atomic E-state index is 1.04. The highest BCUT2D eigenvalue weighted by atomic mass is 14.7. The summed E-state index contributed by atoms with van der Waals surface area (Å²) < 4.78 is 0. The van der Waals surface area contributed by atoms with Crippen molar-refractivity contribution in [2.45, 2.75) is 0 Å². The van der Waals surface area contributed by atoms with Crippen molar-refractivity contribution in [1.29, 1.82) is 0 Å². The smallest absolute Gasteiger partial charge is 0.0723 e. The van der Waals surface area contributed by atoms with Gasteiger partial charge in [-0.2, -0.15) is 0 Å². The van der Waals surface area contributed by atoms with Crippen LogP contribution in [0.25, 0.3) is 32.7 Å². The van der Waals surface area contributed by atoms with Crippen LogP contribution < -0.4 is 0 Å². The van der Waals surface area contributed by atoms with Crippen LogP contribution in [0.15, 0.2) is 48.7 Å². The molecule has 1 N–H and O–H groups in total. The molecule has 2 aromatic carbocycles. The van der Waals surface area contributed by atoms with Gasteiger partial charge in [0, 0.05) is 27.9 Å². The first kappa shape index (κ1) is 8.76. The van der Waals surface area contributed by atoms with Crippen LogP contribution in [0, 0.1) is 6.07 Å². The Bertz CT molecular complexity index is 837. The van der Waals surface area contributed by atoms with Crippen molar-refractivity contribution in [3.63, 3.8) is 0 Å². The number of aromatic nitrogens is 2. The standard InChI is InChI=1S/C15H9N2/c1-2-6-13-11(4-1)15-10-5-3-9-16-12(10)7-8-14(15)17-13/h2-9,16H. The van der Waals surface area contributed by atoms with Gasteiger partial charge in [-0.05, 0) is 36.4 Å². The Hall–Kier alpha value is -2.35. The average molecular weight is 217 g/mol. The summed E-state index contributed by atoms with van der Waals surface area (Å²) in [5, 5.41) is 3.60. The molecule has 2 heterocycles. The van der Waals surface area contributed by atoms with Gasteiger partial charge in [-0.3, -0.25) is 0 Å². The molecule has 0 atom stereocenters. The molecule has 2 nitrogen and oxygen atoms in total. The quantitative estimate of drug-likeness (QED) is 0.478. The van der Waals surface area contributed by atoms with E-state index < -0.39 is 0 Å². The molecular weight excluding hydrogens is 208 g/mol. The average Bonchev–Trinajstić information content (AvgIpc) is 2.77. The highest BCUT2D eigenvalue weighted by Gasteiger charge is 2.07. The van der Waals surface area contributed by atoms with Crippen molar-refractivity contribution in [3.05, 3.63) is 54.7 Å². The zero-order valence-electron chi connectivity index (χ0n) is 9.07. The second-order valence-electron chi connectivity index (χ2n) is 4.15. The van der Waals surface area contributed by atoms with Crippen molar-refractivity contribution in [3.8, 4) is 0 Å². The van der Waals surface area contributed by atoms with E-state index in [1.54, 1.807) is 0 Å². The van der Waals surface area contributed by atoms with Gasteiger partial charge < -0.3 is 4.98 Å². The molecule has 4 aromatic rings. The third kappa shape index (κ3) is 1.12. The maximum atomic E-state index is 4.63. The Kier molecular flexibility index (Phi) is 1.59. The number of fused-ring (bicyclic) bond motifs is 5. The summed E-state index contributed by atoms with van der Waals surface area (Å²) in [6.07, 6.45) is 1.94. The van der Waals surface area contributed by atoms with E-state index in [1.807, 2.05) is 30.5 Å². The lowest BCUT2D eigenvalue weighted by atomic mass is 10.1. The first-order chi connectivity index (χ1) is 8.43. The summed E-state index contributed by atoms with van der Waals surface area (Å²) in [6, 6.07) is 17.3. The lowest BCUT2D eigenvalue weighted by molar-refractivity contribution is 1.42. The monoisotopic (exact) mass is 217 g/mol. The largest absolute Gasteiger partial charge is 0.361 e. The third-order valence-corrected chi connectivity index (χ3v) is 3.17. The molecule has 0 unspecified atom stereocenters. The van der Waals surface area contributed by atoms with E-state index in [4.69, 9.17) is 0 Å². The Labute approximate surface area is 97.9 Å². The second-order valence-corrected chi connectivity index (χ2v) is 4.15. The van der Waals surface area contributed by atoms with E-state index in [2.05, 4.69) is 34.2 Å². The van der Waals surface area contributed by atoms with Gasteiger partial charge in [0.1, 0.15) is 0 Å². The topological polar surface area (TPSA) is 28.7 Å². The highest BCUT2D eigenvalue weighted by molar-refractivity contribution is 6.19. The minimum absolute atomic E-state index is 1.04. The van der Waals surface area contributed by atoms with Gasteiger partial charge in [-0.15, -0.1) is 0 Å². The third-order valence-electron chi connectivity index (χ3n) is 3.17. The molecule has 0 fully saturated rings. The summed E-state index contributed by atoms with van der Waals surface area (Å²) in [6.45, 7) is 0. The van der Waals surface area contributed by atoms with Crippen LogP contribution in [-0.2, 0) is 0 Å².